The lowest BCUT2D eigenvalue weighted by Crippen LogP contribution is -2.31. The number of rotatable bonds is 2. The molecule has 1 aliphatic rings. The third kappa shape index (κ3) is 3.79. The Morgan fingerprint density at radius 3 is 2.74 bits per heavy atom. The molecule has 0 aliphatic carbocycles. The van der Waals surface area contributed by atoms with E-state index in [2.05, 4.69) is 17.3 Å². The molecule has 0 aromatic carbocycles. The van der Waals surface area contributed by atoms with Crippen LogP contribution in [0.15, 0.2) is 21.9 Å². The van der Waals surface area contributed by atoms with Gasteiger partial charge in [-0.15, -0.1) is 12.3 Å². The molecule has 0 bridgehead atoms. The molecule has 7 heteroatoms. The molecule has 0 radical (unpaired) electrons. The van der Waals surface area contributed by atoms with Crippen LogP contribution in [-0.4, -0.2) is 38.6 Å². The predicted octanol–water partition coefficient (Wildman–Crippen LogP) is -1.18. The van der Waals surface area contributed by atoms with Crippen molar-refractivity contribution < 1.29 is 14.9 Å². The van der Waals surface area contributed by atoms with Crippen LogP contribution in [0.1, 0.15) is 19.6 Å². The Bertz CT molecular complexity index is 556. The Morgan fingerprint density at radius 1 is 1.63 bits per heavy atom. The van der Waals surface area contributed by atoms with Crippen LogP contribution in [0.5, 0.6) is 0 Å². The number of hydrogen-bond acceptors (Lipinski definition) is 5. The van der Waals surface area contributed by atoms with Gasteiger partial charge < -0.3 is 14.9 Å². The van der Waals surface area contributed by atoms with Crippen LogP contribution in [0.2, 0.25) is 0 Å². The summed E-state index contributed by atoms with van der Waals surface area (Å²) in [5.41, 5.74) is -1.08. The van der Waals surface area contributed by atoms with E-state index < -0.39 is 29.7 Å². The van der Waals surface area contributed by atoms with Crippen LogP contribution in [0.4, 0.5) is 0 Å². The molecular weight excluding hydrogens is 252 g/mol. The molecule has 0 unspecified atom stereocenters. The maximum Gasteiger partial charge on any atom is 0.330 e. The molecule has 3 atom stereocenters. The molecule has 19 heavy (non-hydrogen) atoms. The topological polar surface area (TPSA) is 105 Å². The molecule has 1 fully saturated rings. The van der Waals surface area contributed by atoms with Gasteiger partial charge in [0.1, 0.15) is 12.3 Å². The van der Waals surface area contributed by atoms with E-state index in [0.29, 0.717) is 0 Å². The average molecular weight is 268 g/mol. The van der Waals surface area contributed by atoms with E-state index in [1.165, 1.54) is 16.8 Å². The number of aliphatic hydroxyl groups excluding tert-OH is 2. The van der Waals surface area contributed by atoms with Crippen molar-refractivity contribution in [1.29, 1.82) is 0 Å². The molecule has 1 saturated heterocycles. The summed E-state index contributed by atoms with van der Waals surface area (Å²) in [5.74, 6) is 2.25. The maximum absolute atomic E-state index is 11.4. The van der Waals surface area contributed by atoms with Gasteiger partial charge in [0.15, 0.2) is 0 Å². The van der Waals surface area contributed by atoms with Gasteiger partial charge in [0.2, 0.25) is 0 Å². The number of nitrogens with zero attached hydrogens (tertiary/aromatic N) is 1. The van der Waals surface area contributed by atoms with Crippen LogP contribution < -0.4 is 11.2 Å². The first kappa shape index (κ1) is 15.2. The third-order valence-corrected chi connectivity index (χ3v) is 2.55. The van der Waals surface area contributed by atoms with E-state index in [1.54, 1.807) is 6.92 Å². The van der Waals surface area contributed by atoms with Gasteiger partial charge in [-0.1, -0.05) is 0 Å². The number of aliphatic hydroxyl groups is 2. The Labute approximate surface area is 109 Å². The summed E-state index contributed by atoms with van der Waals surface area (Å²) in [5, 5.41) is 18.4. The number of terminal acetylenes is 1. The average Bonchev–Trinajstić information content (AvgIpc) is 2.71. The molecule has 2 rings (SSSR count). The molecule has 1 aliphatic heterocycles. The molecule has 1 aromatic heterocycles. The van der Waals surface area contributed by atoms with Gasteiger partial charge in [-0.25, -0.2) is 4.79 Å². The Balaban J connectivity index is 0.000000550. The zero-order valence-electron chi connectivity index (χ0n) is 10.4. The smallest absolute Gasteiger partial charge is 0.330 e. The standard InChI is InChI=1S/C9H12N2O5.C3H4/c12-4-6-5(13)3-8(16-6)11-2-1-7(14)10-9(11)15;1-3-2/h1-2,5-6,8,12-13H,3-4H2,(H,10,14,15);1H,2H3/t5-,6+,8+;/m0./s1. The highest BCUT2D eigenvalue weighted by Gasteiger charge is 2.34. The first-order chi connectivity index (χ1) is 9.03. The number of H-pyrrole nitrogens is 1. The summed E-state index contributed by atoms with van der Waals surface area (Å²) in [6.45, 7) is 1.34. The quantitative estimate of drug-likeness (QED) is 0.585. The Hall–Kier alpha value is -1.88. The molecule has 0 amide bonds. The summed E-state index contributed by atoms with van der Waals surface area (Å²) in [7, 11) is 0. The van der Waals surface area contributed by atoms with Crippen LogP contribution >= 0.6 is 0 Å². The number of aromatic amines is 1. The lowest BCUT2D eigenvalue weighted by atomic mass is 10.2. The molecule has 7 nitrogen and oxygen atoms in total. The van der Waals surface area contributed by atoms with E-state index in [9.17, 15) is 14.7 Å². The summed E-state index contributed by atoms with van der Waals surface area (Å²) in [6, 6.07) is 1.20. The predicted molar refractivity (Wildman–Crippen MR) is 67.4 cm³/mol. The summed E-state index contributed by atoms with van der Waals surface area (Å²) >= 11 is 0. The van der Waals surface area contributed by atoms with E-state index in [0.717, 1.165) is 0 Å². The van der Waals surface area contributed by atoms with Crippen molar-refractivity contribution in [3.63, 3.8) is 0 Å². The van der Waals surface area contributed by atoms with Gasteiger partial charge in [-0.2, -0.15) is 0 Å². The van der Waals surface area contributed by atoms with E-state index in [-0.39, 0.29) is 13.0 Å². The lowest BCUT2D eigenvalue weighted by Gasteiger charge is -2.13. The van der Waals surface area contributed by atoms with Gasteiger partial charge in [0.05, 0.1) is 12.7 Å². The van der Waals surface area contributed by atoms with Crippen LogP contribution in [0, 0.1) is 12.3 Å². The van der Waals surface area contributed by atoms with Gasteiger partial charge in [0.25, 0.3) is 5.56 Å². The second-order valence-electron chi connectivity index (χ2n) is 3.92. The summed E-state index contributed by atoms with van der Waals surface area (Å²) in [4.78, 5) is 24.3. The fraction of sp³-hybridized carbons (Fsp3) is 0.500. The normalized spacial score (nSPS) is 25.3. The number of nitrogens with one attached hydrogen (secondary N) is 1. The highest BCUT2D eigenvalue weighted by Crippen LogP contribution is 2.26. The minimum atomic E-state index is -0.811. The second-order valence-corrected chi connectivity index (χ2v) is 3.92. The largest absolute Gasteiger partial charge is 0.394 e. The van der Waals surface area contributed by atoms with Crippen molar-refractivity contribution >= 4 is 0 Å². The first-order valence-corrected chi connectivity index (χ1v) is 5.66. The van der Waals surface area contributed by atoms with Gasteiger partial charge in [-0.05, 0) is 6.92 Å². The van der Waals surface area contributed by atoms with Crippen LogP contribution in [-0.2, 0) is 4.74 Å². The SMILES string of the molecule is C#CC.O=c1ccn([C@H]2C[C@H](O)[C@@H](CO)O2)c(=O)[nH]1. The van der Waals surface area contributed by atoms with Crippen molar-refractivity contribution in [1.82, 2.24) is 9.55 Å². The Kier molecular flexibility index (Phi) is 5.51. The van der Waals surface area contributed by atoms with Gasteiger partial charge in [-0.3, -0.25) is 14.3 Å². The summed E-state index contributed by atoms with van der Waals surface area (Å²) < 4.78 is 6.45. The molecule has 2 heterocycles. The molecule has 1 aromatic rings. The van der Waals surface area contributed by atoms with Crippen molar-refractivity contribution in [2.45, 2.75) is 31.8 Å². The Morgan fingerprint density at radius 2 is 2.26 bits per heavy atom. The molecule has 104 valence electrons. The molecule has 0 saturated carbocycles. The second kappa shape index (κ2) is 6.89. The van der Waals surface area contributed by atoms with E-state index in [1.807, 2.05) is 0 Å². The zero-order chi connectivity index (χ0) is 14.4. The monoisotopic (exact) mass is 268 g/mol. The maximum atomic E-state index is 11.4. The van der Waals surface area contributed by atoms with Crippen LogP contribution in [0.3, 0.4) is 0 Å². The zero-order valence-corrected chi connectivity index (χ0v) is 10.4. The number of aromatic nitrogens is 2. The minimum absolute atomic E-state index is 0.206. The van der Waals surface area contributed by atoms with Gasteiger partial charge in [0, 0.05) is 18.7 Å². The molecule has 3 N–H and O–H groups in total. The van der Waals surface area contributed by atoms with E-state index >= 15 is 0 Å². The fourth-order valence-electron chi connectivity index (χ4n) is 1.70. The van der Waals surface area contributed by atoms with Crippen molar-refractivity contribution in [2.24, 2.45) is 0 Å². The number of ether oxygens (including phenoxy) is 1. The first-order valence-electron chi connectivity index (χ1n) is 5.66. The number of hydrogen-bond donors (Lipinski definition) is 3. The lowest BCUT2D eigenvalue weighted by molar-refractivity contribution is -0.0459. The van der Waals surface area contributed by atoms with Crippen LogP contribution in [0.25, 0.3) is 0 Å². The van der Waals surface area contributed by atoms with E-state index in [4.69, 9.17) is 9.84 Å². The molecule has 0 spiro atoms. The van der Waals surface area contributed by atoms with Crippen molar-refractivity contribution in [2.75, 3.05) is 6.61 Å². The van der Waals surface area contributed by atoms with Crippen molar-refractivity contribution in [3.8, 4) is 12.3 Å². The highest BCUT2D eigenvalue weighted by molar-refractivity contribution is 4.88. The minimum Gasteiger partial charge on any atom is -0.394 e. The van der Waals surface area contributed by atoms with Crippen molar-refractivity contribution in [3.05, 3.63) is 33.1 Å². The third-order valence-electron chi connectivity index (χ3n) is 2.55. The highest BCUT2D eigenvalue weighted by atomic mass is 16.5. The fourth-order valence-corrected chi connectivity index (χ4v) is 1.70. The molecular formula is C12H16N2O5. The van der Waals surface area contributed by atoms with Gasteiger partial charge >= 0.3 is 5.69 Å². The summed E-state index contributed by atoms with van der Waals surface area (Å²) in [6.07, 6.45) is 3.95.